The SMILES string of the molecule is O=C(NCC(F)(F)F)Nc1cccc(-c2cnc3cc(B(O)O)ccn23)c1. The number of rotatable bonds is 4. The van der Waals surface area contributed by atoms with E-state index in [-0.39, 0.29) is 5.46 Å². The lowest BCUT2D eigenvalue weighted by atomic mass is 9.81. The molecule has 2 aromatic heterocycles. The van der Waals surface area contributed by atoms with Gasteiger partial charge in [0.2, 0.25) is 0 Å². The number of nitrogens with zero attached hydrogens (tertiary/aromatic N) is 2. The van der Waals surface area contributed by atoms with Crippen molar-refractivity contribution in [2.45, 2.75) is 6.18 Å². The molecule has 0 saturated heterocycles. The Morgan fingerprint density at radius 1 is 1.22 bits per heavy atom. The van der Waals surface area contributed by atoms with E-state index in [1.54, 1.807) is 46.4 Å². The van der Waals surface area contributed by atoms with Gasteiger partial charge in [0.1, 0.15) is 12.2 Å². The molecule has 3 rings (SSSR count). The van der Waals surface area contributed by atoms with Gasteiger partial charge in [0, 0.05) is 17.4 Å². The average Bonchev–Trinajstić information content (AvgIpc) is 3.03. The van der Waals surface area contributed by atoms with Crippen LogP contribution < -0.4 is 16.1 Å². The van der Waals surface area contributed by atoms with Gasteiger partial charge in [-0.15, -0.1) is 0 Å². The van der Waals surface area contributed by atoms with Gasteiger partial charge in [-0.05, 0) is 29.7 Å². The number of carbonyl (C=O) groups is 1. The molecule has 0 radical (unpaired) electrons. The van der Waals surface area contributed by atoms with Gasteiger partial charge in [0.25, 0.3) is 0 Å². The van der Waals surface area contributed by atoms with Crippen molar-refractivity contribution in [3.63, 3.8) is 0 Å². The Labute approximate surface area is 151 Å². The van der Waals surface area contributed by atoms with Crippen LogP contribution >= 0.6 is 0 Å². The molecule has 2 heterocycles. The highest BCUT2D eigenvalue weighted by Crippen LogP contribution is 2.23. The van der Waals surface area contributed by atoms with Crippen molar-refractivity contribution >= 4 is 29.9 Å². The molecule has 4 N–H and O–H groups in total. The summed E-state index contributed by atoms with van der Waals surface area (Å²) < 4.78 is 38.1. The zero-order valence-corrected chi connectivity index (χ0v) is 13.7. The summed E-state index contributed by atoms with van der Waals surface area (Å²) in [5.41, 5.74) is 2.40. The number of alkyl halides is 3. The van der Waals surface area contributed by atoms with Crippen LogP contribution in [0.2, 0.25) is 0 Å². The number of nitrogens with one attached hydrogen (secondary N) is 2. The number of anilines is 1. The Balaban J connectivity index is 1.81. The van der Waals surface area contributed by atoms with E-state index in [4.69, 9.17) is 0 Å². The molecule has 0 spiro atoms. The summed E-state index contributed by atoms with van der Waals surface area (Å²) in [5, 5.41) is 22.5. The minimum Gasteiger partial charge on any atom is -0.423 e. The highest BCUT2D eigenvalue weighted by Gasteiger charge is 2.27. The third-order valence-electron chi connectivity index (χ3n) is 3.70. The van der Waals surface area contributed by atoms with Gasteiger partial charge in [-0.3, -0.25) is 4.40 Å². The maximum absolute atomic E-state index is 12.1. The molecular formula is C16H14BF3N4O3. The lowest BCUT2D eigenvalue weighted by molar-refractivity contribution is -0.122. The van der Waals surface area contributed by atoms with Crippen LogP contribution in [0.3, 0.4) is 0 Å². The van der Waals surface area contributed by atoms with Crippen molar-refractivity contribution in [1.29, 1.82) is 0 Å². The number of halogens is 3. The molecule has 2 amide bonds. The number of benzene rings is 1. The number of hydrogen-bond acceptors (Lipinski definition) is 4. The number of aromatic nitrogens is 2. The van der Waals surface area contributed by atoms with Crippen molar-refractivity contribution in [3.8, 4) is 11.3 Å². The van der Waals surface area contributed by atoms with Crippen molar-refractivity contribution in [3.05, 3.63) is 48.8 Å². The molecule has 1 aromatic carbocycles. The van der Waals surface area contributed by atoms with Crippen LogP contribution in [0.5, 0.6) is 0 Å². The second-order valence-electron chi connectivity index (χ2n) is 5.71. The molecule has 7 nitrogen and oxygen atoms in total. The zero-order chi connectivity index (χ0) is 19.6. The third kappa shape index (κ3) is 4.57. The first kappa shape index (κ1) is 18.7. The summed E-state index contributed by atoms with van der Waals surface area (Å²) in [6, 6.07) is 8.59. The van der Waals surface area contributed by atoms with E-state index in [9.17, 15) is 28.0 Å². The first-order valence-electron chi connectivity index (χ1n) is 7.78. The number of hydrogen-bond donors (Lipinski definition) is 4. The fraction of sp³-hybridized carbons (Fsp3) is 0.125. The summed E-state index contributed by atoms with van der Waals surface area (Å²) in [5.74, 6) is 0. The minimum atomic E-state index is -4.49. The molecule has 11 heteroatoms. The van der Waals surface area contributed by atoms with Crippen LogP contribution in [0.15, 0.2) is 48.8 Å². The van der Waals surface area contributed by atoms with Crippen LogP contribution in [-0.2, 0) is 0 Å². The Morgan fingerprint density at radius 3 is 2.70 bits per heavy atom. The van der Waals surface area contributed by atoms with Gasteiger partial charge in [-0.2, -0.15) is 13.2 Å². The molecule has 0 bridgehead atoms. The molecular weight excluding hydrogens is 364 g/mol. The van der Waals surface area contributed by atoms with E-state index < -0.39 is 25.9 Å². The quantitative estimate of drug-likeness (QED) is 0.516. The predicted molar refractivity (Wildman–Crippen MR) is 93.5 cm³/mol. The molecule has 0 saturated carbocycles. The molecule has 0 unspecified atom stereocenters. The largest absolute Gasteiger partial charge is 0.488 e. The summed E-state index contributed by atoms with van der Waals surface area (Å²) in [6.45, 7) is -1.43. The van der Waals surface area contributed by atoms with Crippen LogP contribution in [0.4, 0.5) is 23.7 Å². The smallest absolute Gasteiger partial charge is 0.423 e. The second-order valence-corrected chi connectivity index (χ2v) is 5.71. The number of carbonyl (C=O) groups excluding carboxylic acids is 1. The molecule has 0 fully saturated rings. The standard InChI is InChI=1S/C16H14BF3N4O3/c18-16(19,20)9-22-15(25)23-12-3-1-2-10(6-12)13-8-21-14-7-11(17(26)27)4-5-24(13)14/h1-8,26-27H,9H2,(H2,22,23,25). The highest BCUT2D eigenvalue weighted by molar-refractivity contribution is 6.58. The minimum absolute atomic E-state index is 0.288. The molecule has 0 aliphatic rings. The van der Waals surface area contributed by atoms with Crippen molar-refractivity contribution < 1.29 is 28.0 Å². The van der Waals surface area contributed by atoms with E-state index in [2.05, 4.69) is 10.3 Å². The van der Waals surface area contributed by atoms with Gasteiger partial charge in [-0.1, -0.05) is 12.1 Å². The summed E-state index contributed by atoms with van der Waals surface area (Å²) >= 11 is 0. The van der Waals surface area contributed by atoms with Crippen molar-refractivity contribution in [2.75, 3.05) is 11.9 Å². The molecule has 0 aliphatic carbocycles. The van der Waals surface area contributed by atoms with Gasteiger partial charge in [0.05, 0.1) is 11.9 Å². The topological polar surface area (TPSA) is 98.9 Å². The van der Waals surface area contributed by atoms with Gasteiger partial charge >= 0.3 is 19.3 Å². The Morgan fingerprint density at radius 2 is 2.00 bits per heavy atom. The first-order chi connectivity index (χ1) is 12.7. The fourth-order valence-electron chi connectivity index (χ4n) is 2.48. The number of urea groups is 1. The lowest BCUT2D eigenvalue weighted by Crippen LogP contribution is -2.36. The average molecular weight is 378 g/mol. The maximum atomic E-state index is 12.1. The van der Waals surface area contributed by atoms with E-state index in [1.807, 2.05) is 0 Å². The normalized spacial score (nSPS) is 11.4. The number of pyridine rings is 1. The first-order valence-corrected chi connectivity index (χ1v) is 7.78. The Kier molecular flexibility index (Phi) is 5.06. The highest BCUT2D eigenvalue weighted by atomic mass is 19.4. The lowest BCUT2D eigenvalue weighted by Gasteiger charge is -2.11. The van der Waals surface area contributed by atoms with Crippen LogP contribution in [0, 0.1) is 0 Å². The fourth-order valence-corrected chi connectivity index (χ4v) is 2.48. The number of amides is 2. The number of fused-ring (bicyclic) bond motifs is 1. The van der Waals surface area contributed by atoms with Crippen LogP contribution in [0.25, 0.3) is 16.9 Å². The van der Waals surface area contributed by atoms with Gasteiger partial charge in [0.15, 0.2) is 0 Å². The zero-order valence-electron chi connectivity index (χ0n) is 13.7. The van der Waals surface area contributed by atoms with Crippen molar-refractivity contribution in [1.82, 2.24) is 14.7 Å². The Bertz CT molecular complexity index is 975. The number of imidazole rings is 1. The van der Waals surface area contributed by atoms with Crippen LogP contribution in [-0.4, -0.2) is 45.3 Å². The van der Waals surface area contributed by atoms with E-state index in [0.29, 0.717) is 22.6 Å². The molecule has 140 valence electrons. The molecule has 27 heavy (non-hydrogen) atoms. The second kappa shape index (κ2) is 7.29. The molecule has 0 atom stereocenters. The van der Waals surface area contributed by atoms with E-state index >= 15 is 0 Å². The van der Waals surface area contributed by atoms with Gasteiger partial charge < -0.3 is 20.7 Å². The maximum Gasteiger partial charge on any atom is 0.488 e. The molecule has 0 aliphatic heterocycles. The predicted octanol–water partition coefficient (Wildman–Crippen LogP) is 1.36. The summed E-state index contributed by atoms with van der Waals surface area (Å²) in [7, 11) is -1.61. The van der Waals surface area contributed by atoms with Crippen LogP contribution in [0.1, 0.15) is 0 Å². The van der Waals surface area contributed by atoms with E-state index in [1.165, 1.54) is 12.1 Å². The van der Waals surface area contributed by atoms with Gasteiger partial charge in [-0.25, -0.2) is 9.78 Å². The summed E-state index contributed by atoms with van der Waals surface area (Å²) in [6.07, 6.45) is -1.31. The van der Waals surface area contributed by atoms with E-state index in [0.717, 1.165) is 0 Å². The molecule has 3 aromatic rings. The Hall–Kier alpha value is -3.05. The monoisotopic (exact) mass is 378 g/mol. The van der Waals surface area contributed by atoms with Crippen molar-refractivity contribution in [2.24, 2.45) is 0 Å². The summed E-state index contributed by atoms with van der Waals surface area (Å²) in [4.78, 5) is 15.8. The third-order valence-corrected chi connectivity index (χ3v) is 3.70.